The molecule has 0 N–H and O–H groups in total. The molecule has 0 amide bonds. The van der Waals surface area contributed by atoms with Crippen molar-refractivity contribution in [3.63, 3.8) is 0 Å². The van der Waals surface area contributed by atoms with Crippen molar-refractivity contribution in [2.75, 3.05) is 44.8 Å². The lowest BCUT2D eigenvalue weighted by Crippen LogP contribution is -2.46. The van der Waals surface area contributed by atoms with Crippen LogP contribution in [-0.2, 0) is 10.9 Å². The molecule has 1 atom stereocenters. The van der Waals surface area contributed by atoms with Gasteiger partial charge in [-0.25, -0.2) is 4.98 Å². The van der Waals surface area contributed by atoms with Crippen molar-refractivity contribution < 1.29 is 17.9 Å². The maximum Gasteiger partial charge on any atom is 0.416 e. The summed E-state index contributed by atoms with van der Waals surface area (Å²) >= 11 is 0. The van der Waals surface area contributed by atoms with Crippen molar-refractivity contribution in [2.45, 2.75) is 19.1 Å². The van der Waals surface area contributed by atoms with Crippen molar-refractivity contribution in [1.29, 1.82) is 0 Å². The topological polar surface area (TPSA) is 28.6 Å². The SMILES string of the molecule is C[C@@H](CN(C)c1cc(C(F)(F)F)ccn1)N1CCOCC1. The summed E-state index contributed by atoms with van der Waals surface area (Å²) < 4.78 is 43.4. The fourth-order valence-corrected chi connectivity index (χ4v) is 2.43. The summed E-state index contributed by atoms with van der Waals surface area (Å²) in [7, 11) is 1.76. The second-order valence-corrected chi connectivity index (χ2v) is 5.28. The van der Waals surface area contributed by atoms with E-state index in [1.54, 1.807) is 11.9 Å². The molecule has 1 aromatic heterocycles. The molecule has 0 saturated carbocycles. The maximum absolute atomic E-state index is 12.7. The van der Waals surface area contributed by atoms with Crippen molar-refractivity contribution >= 4 is 5.82 Å². The lowest BCUT2D eigenvalue weighted by molar-refractivity contribution is -0.137. The maximum atomic E-state index is 12.7. The van der Waals surface area contributed by atoms with Gasteiger partial charge in [0.15, 0.2) is 0 Å². The van der Waals surface area contributed by atoms with Gasteiger partial charge in [0, 0.05) is 38.9 Å². The van der Waals surface area contributed by atoms with Crippen LogP contribution in [0.2, 0.25) is 0 Å². The fraction of sp³-hybridized carbons (Fsp3) is 0.643. The third kappa shape index (κ3) is 4.31. The molecule has 0 spiro atoms. The van der Waals surface area contributed by atoms with Crippen LogP contribution in [0.3, 0.4) is 0 Å². The Morgan fingerprint density at radius 2 is 2.05 bits per heavy atom. The molecule has 7 heteroatoms. The molecule has 118 valence electrons. The second kappa shape index (κ2) is 6.62. The molecule has 1 aromatic rings. The Labute approximate surface area is 122 Å². The number of pyridine rings is 1. The van der Waals surface area contributed by atoms with Crippen molar-refractivity contribution in [2.24, 2.45) is 0 Å². The summed E-state index contributed by atoms with van der Waals surface area (Å²) in [6.45, 7) is 5.80. The number of hydrogen-bond acceptors (Lipinski definition) is 4. The minimum atomic E-state index is -4.34. The number of ether oxygens (including phenoxy) is 1. The molecule has 0 unspecified atom stereocenters. The molecule has 1 fully saturated rings. The number of nitrogens with zero attached hydrogens (tertiary/aromatic N) is 3. The molecule has 0 aliphatic carbocycles. The van der Waals surface area contributed by atoms with Gasteiger partial charge in [-0.15, -0.1) is 0 Å². The zero-order valence-electron chi connectivity index (χ0n) is 12.2. The highest BCUT2D eigenvalue weighted by molar-refractivity contribution is 5.41. The van der Waals surface area contributed by atoms with E-state index in [2.05, 4.69) is 16.8 Å². The number of anilines is 1. The van der Waals surface area contributed by atoms with Crippen LogP contribution in [0.4, 0.5) is 19.0 Å². The van der Waals surface area contributed by atoms with E-state index in [0.29, 0.717) is 25.6 Å². The van der Waals surface area contributed by atoms with E-state index in [4.69, 9.17) is 4.74 Å². The number of aromatic nitrogens is 1. The van der Waals surface area contributed by atoms with Gasteiger partial charge < -0.3 is 9.64 Å². The van der Waals surface area contributed by atoms with Crippen molar-refractivity contribution in [3.05, 3.63) is 23.9 Å². The first-order chi connectivity index (χ1) is 9.88. The van der Waals surface area contributed by atoms with Crippen LogP contribution in [-0.4, -0.2) is 55.8 Å². The highest BCUT2D eigenvalue weighted by atomic mass is 19.4. The predicted molar refractivity (Wildman–Crippen MR) is 74.4 cm³/mol. The van der Waals surface area contributed by atoms with E-state index in [0.717, 1.165) is 25.2 Å². The Balaban J connectivity index is 2.01. The van der Waals surface area contributed by atoms with Crippen LogP contribution in [0.15, 0.2) is 18.3 Å². The minimum Gasteiger partial charge on any atom is -0.379 e. The highest BCUT2D eigenvalue weighted by Crippen LogP contribution is 2.30. The summed E-state index contributed by atoms with van der Waals surface area (Å²) in [6.07, 6.45) is -3.14. The van der Waals surface area contributed by atoms with E-state index < -0.39 is 11.7 Å². The Bertz CT molecular complexity index is 461. The summed E-state index contributed by atoms with van der Waals surface area (Å²) in [4.78, 5) is 8.06. The number of halogens is 3. The van der Waals surface area contributed by atoms with Gasteiger partial charge in [0.05, 0.1) is 18.8 Å². The number of morpholine rings is 1. The standard InChI is InChI=1S/C14H20F3N3O/c1-11(20-5-7-21-8-6-20)10-19(2)13-9-12(3-4-18-13)14(15,16)17/h3-4,9,11H,5-8,10H2,1-2H3/t11-/m0/s1. The summed E-state index contributed by atoms with van der Waals surface area (Å²) in [5.41, 5.74) is -0.668. The van der Waals surface area contributed by atoms with Crippen LogP contribution in [0, 0.1) is 0 Å². The molecule has 4 nitrogen and oxygen atoms in total. The molecule has 0 bridgehead atoms. The Morgan fingerprint density at radius 3 is 2.67 bits per heavy atom. The van der Waals surface area contributed by atoms with Gasteiger partial charge in [-0.2, -0.15) is 13.2 Å². The lowest BCUT2D eigenvalue weighted by atomic mass is 10.2. The zero-order valence-corrected chi connectivity index (χ0v) is 12.2. The molecular formula is C14H20F3N3O. The van der Waals surface area contributed by atoms with Gasteiger partial charge in [0.1, 0.15) is 5.82 Å². The predicted octanol–water partition coefficient (Wildman–Crippen LogP) is 2.26. The lowest BCUT2D eigenvalue weighted by Gasteiger charge is -2.34. The van der Waals surface area contributed by atoms with E-state index in [1.165, 1.54) is 6.20 Å². The Hall–Kier alpha value is -1.34. The summed E-state index contributed by atoms with van der Waals surface area (Å²) in [5.74, 6) is 0.338. The minimum absolute atomic E-state index is 0.232. The molecule has 0 radical (unpaired) electrons. The van der Waals surface area contributed by atoms with Crippen LogP contribution >= 0.6 is 0 Å². The third-order valence-corrected chi connectivity index (χ3v) is 3.67. The van der Waals surface area contributed by atoms with Gasteiger partial charge in [-0.1, -0.05) is 0 Å². The molecule has 1 saturated heterocycles. The van der Waals surface area contributed by atoms with Gasteiger partial charge in [-0.05, 0) is 19.1 Å². The van der Waals surface area contributed by atoms with Crippen LogP contribution in [0.5, 0.6) is 0 Å². The molecule has 1 aliphatic heterocycles. The van der Waals surface area contributed by atoms with E-state index in [-0.39, 0.29) is 6.04 Å². The Kier molecular flexibility index (Phi) is 5.05. The van der Waals surface area contributed by atoms with Gasteiger partial charge in [0.25, 0.3) is 0 Å². The van der Waals surface area contributed by atoms with E-state index >= 15 is 0 Å². The average Bonchev–Trinajstić information content (AvgIpc) is 2.47. The average molecular weight is 303 g/mol. The molecule has 1 aliphatic rings. The smallest absolute Gasteiger partial charge is 0.379 e. The Morgan fingerprint density at radius 1 is 1.38 bits per heavy atom. The third-order valence-electron chi connectivity index (χ3n) is 3.67. The van der Waals surface area contributed by atoms with Gasteiger partial charge in [-0.3, -0.25) is 4.90 Å². The van der Waals surface area contributed by atoms with Crippen LogP contribution in [0.25, 0.3) is 0 Å². The molecule has 0 aromatic carbocycles. The van der Waals surface area contributed by atoms with Gasteiger partial charge in [0.2, 0.25) is 0 Å². The van der Waals surface area contributed by atoms with Crippen molar-refractivity contribution in [3.8, 4) is 0 Å². The van der Waals surface area contributed by atoms with Gasteiger partial charge >= 0.3 is 6.18 Å². The van der Waals surface area contributed by atoms with Crippen LogP contribution in [0.1, 0.15) is 12.5 Å². The number of likely N-dealkylation sites (N-methyl/N-ethyl adjacent to an activating group) is 1. The highest BCUT2D eigenvalue weighted by Gasteiger charge is 2.31. The monoisotopic (exact) mass is 303 g/mol. The first kappa shape index (κ1) is 16.0. The van der Waals surface area contributed by atoms with Crippen molar-refractivity contribution in [1.82, 2.24) is 9.88 Å². The largest absolute Gasteiger partial charge is 0.416 e. The summed E-state index contributed by atoms with van der Waals surface area (Å²) in [5, 5.41) is 0. The van der Waals surface area contributed by atoms with E-state index in [1.807, 2.05) is 0 Å². The number of hydrogen-bond donors (Lipinski definition) is 0. The fourth-order valence-electron chi connectivity index (χ4n) is 2.43. The summed E-state index contributed by atoms with van der Waals surface area (Å²) in [6, 6.07) is 2.31. The number of rotatable bonds is 4. The normalized spacial score (nSPS) is 18.5. The zero-order chi connectivity index (χ0) is 15.5. The molecule has 2 rings (SSSR count). The first-order valence-electron chi connectivity index (χ1n) is 6.94. The molecule has 2 heterocycles. The number of alkyl halides is 3. The molecule has 21 heavy (non-hydrogen) atoms. The quantitative estimate of drug-likeness (QED) is 0.853. The van der Waals surface area contributed by atoms with E-state index in [9.17, 15) is 13.2 Å². The second-order valence-electron chi connectivity index (χ2n) is 5.28. The molecular weight excluding hydrogens is 283 g/mol. The first-order valence-corrected chi connectivity index (χ1v) is 6.94. The van der Waals surface area contributed by atoms with Crippen LogP contribution < -0.4 is 4.90 Å².